The first-order chi connectivity index (χ1) is 14.1. The molecule has 158 valence electrons. The second kappa shape index (κ2) is 10.4. The van der Waals surface area contributed by atoms with Crippen LogP contribution >= 0.6 is 0 Å². The minimum absolute atomic E-state index is 0.722. The molecule has 6 heteroatoms. The van der Waals surface area contributed by atoms with Crippen molar-refractivity contribution in [3.8, 4) is 0 Å². The predicted molar refractivity (Wildman–Crippen MR) is 120 cm³/mol. The van der Waals surface area contributed by atoms with E-state index in [9.17, 15) is 0 Å². The average molecular weight is 397 g/mol. The fourth-order valence-electron chi connectivity index (χ4n) is 3.97. The van der Waals surface area contributed by atoms with Crippen molar-refractivity contribution in [2.24, 2.45) is 12.0 Å². The SMILES string of the molecule is CN=C(NCc1ccc(CN2CCCCCC2)cc1)NCc1c(C)nn(C)c1C. The number of hydrogen-bond acceptors (Lipinski definition) is 3. The largest absolute Gasteiger partial charge is 0.352 e. The third-order valence-electron chi connectivity index (χ3n) is 5.90. The van der Waals surface area contributed by atoms with E-state index in [0.717, 1.165) is 31.3 Å². The topological polar surface area (TPSA) is 57.5 Å². The summed E-state index contributed by atoms with van der Waals surface area (Å²) in [5, 5.41) is 11.3. The van der Waals surface area contributed by atoms with Crippen molar-refractivity contribution in [2.75, 3.05) is 20.1 Å². The van der Waals surface area contributed by atoms with Crippen molar-refractivity contribution in [1.29, 1.82) is 0 Å². The van der Waals surface area contributed by atoms with Gasteiger partial charge in [-0.3, -0.25) is 14.6 Å². The van der Waals surface area contributed by atoms with Crippen LogP contribution in [0.15, 0.2) is 29.3 Å². The van der Waals surface area contributed by atoms with Crippen LogP contribution in [0.3, 0.4) is 0 Å². The van der Waals surface area contributed by atoms with E-state index in [2.05, 4.69) is 56.8 Å². The summed E-state index contributed by atoms with van der Waals surface area (Å²) in [5.41, 5.74) is 6.15. The van der Waals surface area contributed by atoms with Crippen LogP contribution in [0.25, 0.3) is 0 Å². The molecule has 0 bridgehead atoms. The molecule has 0 saturated carbocycles. The fraction of sp³-hybridized carbons (Fsp3) is 0.565. The van der Waals surface area contributed by atoms with Gasteiger partial charge in [0.05, 0.1) is 5.69 Å². The highest BCUT2D eigenvalue weighted by atomic mass is 15.3. The van der Waals surface area contributed by atoms with Crippen LogP contribution in [0, 0.1) is 13.8 Å². The van der Waals surface area contributed by atoms with Crippen molar-refractivity contribution in [3.63, 3.8) is 0 Å². The molecule has 29 heavy (non-hydrogen) atoms. The molecule has 1 aliphatic heterocycles. The van der Waals surface area contributed by atoms with Crippen molar-refractivity contribution in [2.45, 2.75) is 59.2 Å². The lowest BCUT2D eigenvalue weighted by atomic mass is 10.1. The molecule has 0 unspecified atom stereocenters. The van der Waals surface area contributed by atoms with Gasteiger partial charge in [-0.25, -0.2) is 0 Å². The molecule has 0 atom stereocenters. The maximum Gasteiger partial charge on any atom is 0.191 e. The number of aromatic nitrogens is 2. The Bertz CT molecular complexity index is 798. The highest BCUT2D eigenvalue weighted by Gasteiger charge is 2.11. The van der Waals surface area contributed by atoms with Crippen LogP contribution in [0.5, 0.6) is 0 Å². The van der Waals surface area contributed by atoms with Gasteiger partial charge in [-0.15, -0.1) is 0 Å². The summed E-state index contributed by atoms with van der Waals surface area (Å²) in [6.45, 7) is 9.17. The van der Waals surface area contributed by atoms with Gasteiger partial charge in [-0.05, 0) is 50.9 Å². The van der Waals surface area contributed by atoms with Gasteiger partial charge in [0.15, 0.2) is 5.96 Å². The van der Waals surface area contributed by atoms with Crippen LogP contribution in [-0.2, 0) is 26.7 Å². The third-order valence-corrected chi connectivity index (χ3v) is 5.90. The number of rotatable bonds is 6. The van der Waals surface area contributed by atoms with E-state index in [1.165, 1.54) is 61.2 Å². The number of guanidine groups is 1. The number of likely N-dealkylation sites (tertiary alicyclic amines) is 1. The van der Waals surface area contributed by atoms with Gasteiger partial charge < -0.3 is 10.6 Å². The molecule has 1 fully saturated rings. The Kier molecular flexibility index (Phi) is 7.69. The van der Waals surface area contributed by atoms with Crippen LogP contribution in [0.2, 0.25) is 0 Å². The first-order valence-corrected chi connectivity index (χ1v) is 10.8. The molecule has 0 amide bonds. The van der Waals surface area contributed by atoms with E-state index >= 15 is 0 Å². The first kappa shape index (κ1) is 21.4. The van der Waals surface area contributed by atoms with E-state index in [1.54, 1.807) is 0 Å². The maximum absolute atomic E-state index is 4.48. The molecule has 0 aliphatic carbocycles. The van der Waals surface area contributed by atoms with E-state index in [0.29, 0.717) is 0 Å². The standard InChI is InChI=1S/C23H36N6/c1-18-22(19(2)28(4)27-18)16-26-23(24-3)25-15-20-9-11-21(12-10-20)17-29-13-7-5-6-8-14-29/h9-12H,5-8,13-17H2,1-4H3,(H2,24,25,26). The van der Waals surface area contributed by atoms with Crippen LogP contribution in [0.4, 0.5) is 0 Å². The van der Waals surface area contributed by atoms with Gasteiger partial charge in [-0.2, -0.15) is 5.10 Å². The van der Waals surface area contributed by atoms with Crippen molar-refractivity contribution >= 4 is 5.96 Å². The second-order valence-corrected chi connectivity index (χ2v) is 8.06. The minimum atomic E-state index is 0.722. The highest BCUT2D eigenvalue weighted by molar-refractivity contribution is 5.79. The van der Waals surface area contributed by atoms with Crippen molar-refractivity contribution in [1.82, 2.24) is 25.3 Å². The summed E-state index contributed by atoms with van der Waals surface area (Å²) in [6.07, 6.45) is 5.45. The monoisotopic (exact) mass is 396 g/mol. The molecule has 2 aromatic rings. The predicted octanol–water partition coefficient (Wildman–Crippen LogP) is 3.28. The van der Waals surface area contributed by atoms with Crippen molar-refractivity contribution in [3.05, 3.63) is 52.3 Å². The van der Waals surface area contributed by atoms with E-state index in [-0.39, 0.29) is 0 Å². The molecule has 2 heterocycles. The van der Waals surface area contributed by atoms with Crippen LogP contribution < -0.4 is 10.6 Å². The smallest absolute Gasteiger partial charge is 0.191 e. The lowest BCUT2D eigenvalue weighted by Crippen LogP contribution is -2.36. The van der Waals surface area contributed by atoms with Gasteiger partial charge >= 0.3 is 0 Å². The molecular weight excluding hydrogens is 360 g/mol. The number of aryl methyl sites for hydroxylation is 2. The van der Waals surface area contributed by atoms with Crippen LogP contribution in [0.1, 0.15) is 53.8 Å². The molecule has 0 spiro atoms. The summed E-state index contributed by atoms with van der Waals surface area (Å²) in [7, 11) is 3.79. The fourth-order valence-corrected chi connectivity index (χ4v) is 3.97. The summed E-state index contributed by atoms with van der Waals surface area (Å²) in [5.74, 6) is 0.807. The average Bonchev–Trinajstić information content (AvgIpc) is 2.89. The van der Waals surface area contributed by atoms with E-state index in [4.69, 9.17) is 0 Å². The zero-order valence-corrected chi connectivity index (χ0v) is 18.5. The summed E-state index contributed by atoms with van der Waals surface area (Å²) in [6, 6.07) is 8.98. The highest BCUT2D eigenvalue weighted by Crippen LogP contribution is 2.14. The first-order valence-electron chi connectivity index (χ1n) is 10.8. The minimum Gasteiger partial charge on any atom is -0.352 e. The second-order valence-electron chi connectivity index (χ2n) is 8.06. The Labute approximate surface area is 175 Å². The number of hydrogen-bond donors (Lipinski definition) is 2. The maximum atomic E-state index is 4.48. The molecule has 0 radical (unpaired) electrons. The quantitative estimate of drug-likeness (QED) is 0.581. The zero-order valence-electron chi connectivity index (χ0n) is 18.5. The molecule has 1 aromatic heterocycles. The van der Waals surface area contributed by atoms with Gasteiger partial charge in [-0.1, -0.05) is 37.1 Å². The number of benzene rings is 1. The lowest BCUT2D eigenvalue weighted by Gasteiger charge is -2.20. The molecule has 1 aromatic carbocycles. The molecule has 1 aliphatic rings. The Morgan fingerprint density at radius 2 is 1.59 bits per heavy atom. The van der Waals surface area contributed by atoms with Gasteiger partial charge in [0.1, 0.15) is 0 Å². The number of nitrogens with zero attached hydrogens (tertiary/aromatic N) is 4. The molecule has 1 saturated heterocycles. The lowest BCUT2D eigenvalue weighted by molar-refractivity contribution is 0.277. The summed E-state index contributed by atoms with van der Waals surface area (Å²) in [4.78, 5) is 6.94. The summed E-state index contributed by atoms with van der Waals surface area (Å²) < 4.78 is 1.93. The van der Waals surface area contributed by atoms with E-state index < -0.39 is 0 Å². The van der Waals surface area contributed by atoms with Gasteiger partial charge in [0.2, 0.25) is 0 Å². The molecule has 6 nitrogen and oxygen atoms in total. The Balaban J connectivity index is 1.47. The van der Waals surface area contributed by atoms with Crippen molar-refractivity contribution < 1.29 is 0 Å². The molecule has 2 N–H and O–H groups in total. The summed E-state index contributed by atoms with van der Waals surface area (Å²) >= 11 is 0. The van der Waals surface area contributed by atoms with Gasteiger partial charge in [0.25, 0.3) is 0 Å². The normalized spacial score (nSPS) is 15.9. The Morgan fingerprint density at radius 1 is 0.966 bits per heavy atom. The Hall–Kier alpha value is -2.34. The molecule has 3 rings (SSSR count). The zero-order chi connectivity index (χ0) is 20.6. The van der Waals surface area contributed by atoms with Crippen LogP contribution in [-0.4, -0.2) is 40.8 Å². The van der Waals surface area contributed by atoms with E-state index in [1.807, 2.05) is 25.7 Å². The van der Waals surface area contributed by atoms with Gasteiger partial charge in [0, 0.05) is 45.0 Å². The number of nitrogens with one attached hydrogen (secondary N) is 2. The number of aliphatic imine (C=N–C) groups is 1. The molecular formula is C23H36N6. The third kappa shape index (κ3) is 6.07. The Morgan fingerprint density at radius 3 is 2.17 bits per heavy atom.